The molecule has 1 aromatic rings. The average Bonchev–Trinajstić information content (AvgIpc) is 3.24. The normalized spacial score (nSPS) is 14.2. The number of nitrogens with zero attached hydrogens (tertiary/aromatic N) is 1. The Morgan fingerprint density at radius 3 is 2.59 bits per heavy atom. The van der Waals surface area contributed by atoms with E-state index in [4.69, 9.17) is 20.8 Å². The summed E-state index contributed by atoms with van der Waals surface area (Å²) in [6.07, 6.45) is 2.17. The zero-order chi connectivity index (χ0) is 16.3. The van der Waals surface area contributed by atoms with Gasteiger partial charge in [-0.25, -0.2) is 4.79 Å². The number of hydrogen-bond donors (Lipinski definition) is 3. The van der Waals surface area contributed by atoms with Gasteiger partial charge >= 0.3 is 6.09 Å². The van der Waals surface area contributed by atoms with Crippen LogP contribution < -0.4 is 11.1 Å². The zero-order valence-electron chi connectivity index (χ0n) is 12.6. The number of amides is 1. The maximum absolute atomic E-state index is 10.2. The molecule has 6 heteroatoms. The van der Waals surface area contributed by atoms with E-state index in [0.717, 1.165) is 24.8 Å². The van der Waals surface area contributed by atoms with Crippen LogP contribution in [0.25, 0.3) is 0 Å². The molecule has 2 rings (SSSR count). The Morgan fingerprint density at radius 1 is 1.41 bits per heavy atom. The molecule has 0 aliphatic heterocycles. The molecule has 0 atom stereocenters. The first kappa shape index (κ1) is 18.0. The van der Waals surface area contributed by atoms with Gasteiger partial charge in [-0.1, -0.05) is 30.3 Å². The number of nitrogens with one attached hydrogen (secondary N) is 1. The van der Waals surface area contributed by atoms with Crippen LogP contribution in [0.2, 0.25) is 0 Å². The fourth-order valence-corrected chi connectivity index (χ4v) is 1.97. The van der Waals surface area contributed by atoms with Crippen molar-refractivity contribution < 1.29 is 14.6 Å². The van der Waals surface area contributed by atoms with Crippen molar-refractivity contribution in [2.45, 2.75) is 37.8 Å². The van der Waals surface area contributed by atoms with Crippen LogP contribution in [-0.4, -0.2) is 29.9 Å². The highest BCUT2D eigenvalue weighted by Crippen LogP contribution is 2.37. The van der Waals surface area contributed by atoms with E-state index in [-0.39, 0.29) is 5.54 Å². The Hall–Kier alpha value is -2.10. The predicted molar refractivity (Wildman–Crippen MR) is 83.1 cm³/mol. The number of nitrogens with two attached hydrogens (primary N) is 1. The second kappa shape index (κ2) is 9.77. The number of hydrogen-bond acceptors (Lipinski definition) is 4. The molecular formula is C16H23N3O3. The molecule has 1 fully saturated rings. The summed E-state index contributed by atoms with van der Waals surface area (Å²) in [5.41, 5.74) is 6.29. The molecule has 0 unspecified atom stereocenters. The van der Waals surface area contributed by atoms with Gasteiger partial charge in [-0.2, -0.15) is 5.26 Å². The van der Waals surface area contributed by atoms with Crippen LogP contribution in [0.4, 0.5) is 4.79 Å². The molecule has 1 aliphatic rings. The molecule has 22 heavy (non-hydrogen) atoms. The maximum atomic E-state index is 10.2. The van der Waals surface area contributed by atoms with Gasteiger partial charge in [-0.05, 0) is 31.4 Å². The van der Waals surface area contributed by atoms with Gasteiger partial charge < -0.3 is 20.9 Å². The largest absolute Gasteiger partial charge is 0.465 e. The smallest absolute Gasteiger partial charge is 0.405 e. The van der Waals surface area contributed by atoms with Crippen LogP contribution >= 0.6 is 0 Å². The molecule has 6 nitrogen and oxygen atoms in total. The highest BCUT2D eigenvalue weighted by molar-refractivity contribution is 5.66. The van der Waals surface area contributed by atoms with E-state index in [1.165, 1.54) is 0 Å². The van der Waals surface area contributed by atoms with Crippen molar-refractivity contribution in [3.63, 3.8) is 0 Å². The summed E-state index contributed by atoms with van der Waals surface area (Å²) in [4.78, 5) is 10.2. The predicted octanol–water partition coefficient (Wildman–Crippen LogP) is 2.25. The van der Waals surface area contributed by atoms with E-state index in [1.54, 1.807) is 0 Å². The Kier molecular flexibility index (Phi) is 7.97. The van der Waals surface area contributed by atoms with Gasteiger partial charge in [0.15, 0.2) is 0 Å². The molecule has 1 saturated carbocycles. The van der Waals surface area contributed by atoms with E-state index in [9.17, 15) is 4.79 Å². The fourth-order valence-electron chi connectivity index (χ4n) is 1.97. The van der Waals surface area contributed by atoms with Crippen LogP contribution in [-0.2, 0) is 11.3 Å². The molecule has 1 aliphatic carbocycles. The number of ether oxygens (including phenoxy) is 1. The monoisotopic (exact) mass is 305 g/mol. The molecule has 1 aromatic carbocycles. The Balaban J connectivity index is 0.000000224. The minimum atomic E-state index is -0.939. The fraction of sp³-hybridized carbons (Fsp3) is 0.500. The summed E-state index contributed by atoms with van der Waals surface area (Å²) in [6, 6.07) is 12.0. The molecule has 1 amide bonds. The standard InChI is InChI=1S/C10H11NO.C6H12N2O2/c11-7-4-8-12-9-10-5-2-1-3-6-10;7-4-3-6(1-2-6)8-5(9)10/h1-3,5-6H,4,8-9H2;8H,1-4,7H2,(H,9,10). The molecule has 0 spiro atoms. The Bertz CT molecular complexity index is 481. The summed E-state index contributed by atoms with van der Waals surface area (Å²) < 4.78 is 5.24. The van der Waals surface area contributed by atoms with E-state index < -0.39 is 6.09 Å². The topological polar surface area (TPSA) is 108 Å². The van der Waals surface area contributed by atoms with E-state index in [2.05, 4.69) is 5.32 Å². The number of benzene rings is 1. The van der Waals surface area contributed by atoms with Crippen LogP contribution in [0.15, 0.2) is 30.3 Å². The van der Waals surface area contributed by atoms with Crippen molar-refractivity contribution in [3.05, 3.63) is 35.9 Å². The highest BCUT2D eigenvalue weighted by atomic mass is 16.5. The van der Waals surface area contributed by atoms with Crippen LogP contribution in [0.1, 0.15) is 31.2 Å². The average molecular weight is 305 g/mol. The van der Waals surface area contributed by atoms with Crippen molar-refractivity contribution in [2.24, 2.45) is 5.73 Å². The van der Waals surface area contributed by atoms with Crippen molar-refractivity contribution in [1.82, 2.24) is 5.32 Å². The molecule has 4 N–H and O–H groups in total. The van der Waals surface area contributed by atoms with E-state index in [0.29, 0.717) is 26.2 Å². The molecule has 0 heterocycles. The van der Waals surface area contributed by atoms with Crippen molar-refractivity contribution in [3.8, 4) is 6.07 Å². The lowest BCUT2D eigenvalue weighted by Crippen LogP contribution is -2.37. The SMILES string of the molecule is N#CCCOCc1ccccc1.NCCC1(NC(=O)O)CC1. The van der Waals surface area contributed by atoms with Gasteiger partial charge in [0.1, 0.15) is 0 Å². The van der Waals surface area contributed by atoms with Gasteiger partial charge in [0, 0.05) is 5.54 Å². The number of nitriles is 1. The third kappa shape index (κ3) is 7.62. The van der Waals surface area contributed by atoms with E-state index in [1.807, 2.05) is 36.4 Å². The number of rotatable bonds is 7. The van der Waals surface area contributed by atoms with Gasteiger partial charge in [0.25, 0.3) is 0 Å². The number of carbonyl (C=O) groups is 1. The third-order valence-electron chi connectivity index (χ3n) is 3.32. The Labute approximate surface area is 130 Å². The van der Waals surface area contributed by atoms with Gasteiger partial charge in [0.2, 0.25) is 0 Å². The second-order valence-corrected chi connectivity index (χ2v) is 5.20. The molecule has 0 bridgehead atoms. The minimum Gasteiger partial charge on any atom is -0.465 e. The highest BCUT2D eigenvalue weighted by Gasteiger charge is 2.43. The summed E-state index contributed by atoms with van der Waals surface area (Å²) in [5.74, 6) is 0. The lowest BCUT2D eigenvalue weighted by molar-refractivity contribution is 0.126. The first-order chi connectivity index (χ1) is 10.6. The summed E-state index contributed by atoms with van der Waals surface area (Å²) in [6.45, 7) is 1.67. The zero-order valence-corrected chi connectivity index (χ0v) is 12.6. The van der Waals surface area contributed by atoms with Crippen LogP contribution in [0.5, 0.6) is 0 Å². The van der Waals surface area contributed by atoms with E-state index >= 15 is 0 Å². The molecule has 120 valence electrons. The third-order valence-corrected chi connectivity index (χ3v) is 3.32. The summed E-state index contributed by atoms with van der Waals surface area (Å²) in [5, 5.41) is 19.1. The van der Waals surface area contributed by atoms with Crippen molar-refractivity contribution >= 4 is 6.09 Å². The van der Waals surface area contributed by atoms with Gasteiger partial charge in [0.05, 0.1) is 25.7 Å². The summed E-state index contributed by atoms with van der Waals surface area (Å²) >= 11 is 0. The van der Waals surface area contributed by atoms with Crippen LogP contribution in [0, 0.1) is 11.3 Å². The van der Waals surface area contributed by atoms with Gasteiger partial charge in [-0.15, -0.1) is 0 Å². The molecular weight excluding hydrogens is 282 g/mol. The maximum Gasteiger partial charge on any atom is 0.405 e. The molecule has 0 saturated heterocycles. The summed E-state index contributed by atoms with van der Waals surface area (Å²) in [7, 11) is 0. The first-order valence-corrected chi connectivity index (χ1v) is 7.32. The van der Waals surface area contributed by atoms with Gasteiger partial charge in [-0.3, -0.25) is 0 Å². The van der Waals surface area contributed by atoms with Crippen molar-refractivity contribution in [2.75, 3.05) is 13.2 Å². The minimum absolute atomic E-state index is 0.152. The molecule has 0 radical (unpaired) electrons. The lowest BCUT2D eigenvalue weighted by atomic mass is 10.2. The molecule has 0 aromatic heterocycles. The first-order valence-electron chi connectivity index (χ1n) is 7.32. The van der Waals surface area contributed by atoms with Crippen LogP contribution in [0.3, 0.4) is 0 Å². The second-order valence-electron chi connectivity index (χ2n) is 5.20. The Morgan fingerprint density at radius 2 is 2.09 bits per heavy atom. The number of carboxylic acid groups (broad SMARTS) is 1. The van der Waals surface area contributed by atoms with Crippen molar-refractivity contribution in [1.29, 1.82) is 5.26 Å². The quantitative estimate of drug-likeness (QED) is 0.669. The lowest BCUT2D eigenvalue weighted by Gasteiger charge is -2.12.